The molecule has 2 rings (SSSR count). The number of piperazine rings is 1. The largest absolute Gasteiger partial charge is 0.389 e. The van der Waals surface area contributed by atoms with Gasteiger partial charge in [-0.05, 0) is 24.6 Å². The third kappa shape index (κ3) is 2.48. The Labute approximate surface area is 101 Å². The van der Waals surface area contributed by atoms with E-state index in [1.54, 1.807) is 6.92 Å². The van der Waals surface area contributed by atoms with Crippen molar-refractivity contribution in [3.8, 4) is 0 Å². The van der Waals surface area contributed by atoms with Gasteiger partial charge >= 0.3 is 0 Å². The summed E-state index contributed by atoms with van der Waals surface area (Å²) in [4.78, 5) is 2.27. The van der Waals surface area contributed by atoms with Gasteiger partial charge in [-0.25, -0.2) is 0 Å². The SMILES string of the molecule is CC(O)c1ccc(N2CCNCC2)c(Cl)c1. The molecule has 0 saturated carbocycles. The van der Waals surface area contributed by atoms with E-state index in [9.17, 15) is 5.11 Å². The number of hydrogen-bond donors (Lipinski definition) is 2. The first-order valence-corrected chi connectivity index (χ1v) is 5.99. The zero-order chi connectivity index (χ0) is 11.5. The van der Waals surface area contributed by atoms with Gasteiger partial charge in [-0.15, -0.1) is 0 Å². The zero-order valence-corrected chi connectivity index (χ0v) is 10.2. The van der Waals surface area contributed by atoms with Crippen LogP contribution in [0.3, 0.4) is 0 Å². The molecule has 1 aliphatic heterocycles. The Hall–Kier alpha value is -0.770. The average molecular weight is 241 g/mol. The minimum Gasteiger partial charge on any atom is -0.389 e. The number of aliphatic hydroxyl groups excluding tert-OH is 1. The van der Waals surface area contributed by atoms with Crippen molar-refractivity contribution in [2.24, 2.45) is 0 Å². The summed E-state index contributed by atoms with van der Waals surface area (Å²) in [5.74, 6) is 0. The van der Waals surface area contributed by atoms with E-state index in [-0.39, 0.29) is 0 Å². The highest BCUT2D eigenvalue weighted by Crippen LogP contribution is 2.29. The van der Waals surface area contributed by atoms with Gasteiger partial charge in [0.2, 0.25) is 0 Å². The fourth-order valence-electron chi connectivity index (χ4n) is 1.95. The van der Waals surface area contributed by atoms with Crippen LogP contribution in [0, 0.1) is 0 Å². The highest BCUT2D eigenvalue weighted by atomic mass is 35.5. The first-order chi connectivity index (χ1) is 7.68. The number of hydrogen-bond acceptors (Lipinski definition) is 3. The number of rotatable bonds is 2. The number of aliphatic hydroxyl groups is 1. The molecule has 1 unspecified atom stereocenters. The lowest BCUT2D eigenvalue weighted by molar-refractivity contribution is 0.199. The summed E-state index contributed by atoms with van der Waals surface area (Å²) in [5, 5.41) is 13.5. The maximum atomic E-state index is 9.47. The molecule has 1 heterocycles. The number of halogens is 1. The fraction of sp³-hybridized carbons (Fsp3) is 0.500. The molecule has 1 aromatic carbocycles. The zero-order valence-electron chi connectivity index (χ0n) is 9.41. The molecule has 2 N–H and O–H groups in total. The Bertz CT molecular complexity index is 362. The standard InChI is InChI=1S/C12H17ClN2O/c1-9(16)10-2-3-12(11(13)8-10)15-6-4-14-5-7-15/h2-3,8-9,14,16H,4-7H2,1H3. The number of benzene rings is 1. The molecular weight excluding hydrogens is 224 g/mol. The molecule has 16 heavy (non-hydrogen) atoms. The Kier molecular flexibility index (Phi) is 3.69. The van der Waals surface area contributed by atoms with Gasteiger partial charge in [0.15, 0.2) is 0 Å². The molecular formula is C12H17ClN2O. The third-order valence-electron chi connectivity index (χ3n) is 2.91. The molecule has 1 aromatic rings. The Morgan fingerprint density at radius 3 is 2.62 bits per heavy atom. The number of anilines is 1. The molecule has 0 amide bonds. The van der Waals surface area contributed by atoms with E-state index in [4.69, 9.17) is 11.6 Å². The molecule has 3 nitrogen and oxygen atoms in total. The van der Waals surface area contributed by atoms with Crippen LogP contribution in [0.1, 0.15) is 18.6 Å². The molecule has 88 valence electrons. The molecule has 0 aromatic heterocycles. The van der Waals surface area contributed by atoms with Crippen LogP contribution in [-0.4, -0.2) is 31.3 Å². The van der Waals surface area contributed by atoms with Crippen molar-refractivity contribution in [2.75, 3.05) is 31.1 Å². The van der Waals surface area contributed by atoms with E-state index in [1.165, 1.54) is 0 Å². The summed E-state index contributed by atoms with van der Waals surface area (Å²) in [7, 11) is 0. The minimum atomic E-state index is -0.463. The predicted octanol–water partition coefficient (Wildman–Crippen LogP) is 1.80. The van der Waals surface area contributed by atoms with Crippen LogP contribution < -0.4 is 10.2 Å². The van der Waals surface area contributed by atoms with Crippen molar-refractivity contribution in [1.29, 1.82) is 0 Å². The highest BCUT2D eigenvalue weighted by Gasteiger charge is 2.14. The lowest BCUT2D eigenvalue weighted by Crippen LogP contribution is -2.43. The maximum absolute atomic E-state index is 9.47. The molecule has 1 saturated heterocycles. The second-order valence-corrected chi connectivity index (χ2v) is 4.53. The molecule has 0 aliphatic carbocycles. The van der Waals surface area contributed by atoms with Gasteiger partial charge in [-0.2, -0.15) is 0 Å². The van der Waals surface area contributed by atoms with Crippen LogP contribution in [0.25, 0.3) is 0 Å². The molecule has 1 aliphatic rings. The van der Waals surface area contributed by atoms with Gasteiger partial charge in [0.25, 0.3) is 0 Å². The summed E-state index contributed by atoms with van der Waals surface area (Å²) < 4.78 is 0. The average Bonchev–Trinajstić information content (AvgIpc) is 2.30. The highest BCUT2D eigenvalue weighted by molar-refractivity contribution is 6.33. The monoisotopic (exact) mass is 240 g/mol. The van der Waals surface area contributed by atoms with E-state index < -0.39 is 6.10 Å². The lowest BCUT2D eigenvalue weighted by atomic mass is 10.1. The van der Waals surface area contributed by atoms with Crippen LogP contribution >= 0.6 is 11.6 Å². The van der Waals surface area contributed by atoms with E-state index in [2.05, 4.69) is 10.2 Å². The van der Waals surface area contributed by atoms with Crippen LogP contribution in [0.2, 0.25) is 5.02 Å². The van der Waals surface area contributed by atoms with Crippen LogP contribution in [0.5, 0.6) is 0 Å². The quantitative estimate of drug-likeness (QED) is 0.828. The minimum absolute atomic E-state index is 0.463. The predicted molar refractivity (Wildman–Crippen MR) is 67.2 cm³/mol. The van der Waals surface area contributed by atoms with Crippen molar-refractivity contribution in [2.45, 2.75) is 13.0 Å². The van der Waals surface area contributed by atoms with Crippen molar-refractivity contribution < 1.29 is 5.11 Å². The Balaban J connectivity index is 2.21. The number of nitrogens with one attached hydrogen (secondary N) is 1. The van der Waals surface area contributed by atoms with E-state index >= 15 is 0 Å². The van der Waals surface area contributed by atoms with Gasteiger partial charge < -0.3 is 15.3 Å². The van der Waals surface area contributed by atoms with Gasteiger partial charge in [0, 0.05) is 26.2 Å². The topological polar surface area (TPSA) is 35.5 Å². The van der Waals surface area contributed by atoms with E-state index in [1.807, 2.05) is 18.2 Å². The molecule has 4 heteroatoms. The van der Waals surface area contributed by atoms with E-state index in [0.29, 0.717) is 0 Å². The van der Waals surface area contributed by atoms with Crippen molar-refractivity contribution >= 4 is 17.3 Å². The maximum Gasteiger partial charge on any atom is 0.0762 e. The Morgan fingerprint density at radius 1 is 1.38 bits per heavy atom. The molecule has 0 spiro atoms. The van der Waals surface area contributed by atoms with E-state index in [0.717, 1.165) is 42.5 Å². The van der Waals surface area contributed by atoms with Gasteiger partial charge in [-0.1, -0.05) is 17.7 Å². The van der Waals surface area contributed by atoms with Gasteiger partial charge in [0.1, 0.15) is 0 Å². The second-order valence-electron chi connectivity index (χ2n) is 4.12. The van der Waals surface area contributed by atoms with Crippen molar-refractivity contribution in [1.82, 2.24) is 5.32 Å². The third-order valence-corrected chi connectivity index (χ3v) is 3.21. The van der Waals surface area contributed by atoms with Crippen LogP contribution in [-0.2, 0) is 0 Å². The normalized spacial score (nSPS) is 18.6. The van der Waals surface area contributed by atoms with Crippen molar-refractivity contribution in [3.63, 3.8) is 0 Å². The molecule has 1 fully saturated rings. The van der Waals surface area contributed by atoms with Crippen LogP contribution in [0.15, 0.2) is 18.2 Å². The fourth-order valence-corrected chi connectivity index (χ4v) is 2.25. The molecule has 0 radical (unpaired) electrons. The summed E-state index contributed by atoms with van der Waals surface area (Å²) >= 11 is 6.23. The Morgan fingerprint density at radius 2 is 2.06 bits per heavy atom. The first kappa shape index (κ1) is 11.7. The summed E-state index contributed by atoms with van der Waals surface area (Å²) in [6, 6.07) is 5.78. The lowest BCUT2D eigenvalue weighted by Gasteiger charge is -2.30. The molecule has 0 bridgehead atoms. The smallest absolute Gasteiger partial charge is 0.0762 e. The van der Waals surface area contributed by atoms with Gasteiger partial charge in [-0.3, -0.25) is 0 Å². The second kappa shape index (κ2) is 5.04. The van der Waals surface area contributed by atoms with Gasteiger partial charge in [0.05, 0.1) is 16.8 Å². The summed E-state index contributed by atoms with van der Waals surface area (Å²) in [5.41, 5.74) is 1.93. The summed E-state index contributed by atoms with van der Waals surface area (Å²) in [6.07, 6.45) is -0.463. The first-order valence-electron chi connectivity index (χ1n) is 5.61. The van der Waals surface area contributed by atoms with Crippen molar-refractivity contribution in [3.05, 3.63) is 28.8 Å². The number of nitrogens with zero attached hydrogens (tertiary/aromatic N) is 1. The summed E-state index contributed by atoms with van der Waals surface area (Å²) in [6.45, 7) is 5.70. The van der Waals surface area contributed by atoms with Crippen LogP contribution in [0.4, 0.5) is 5.69 Å². The molecule has 1 atom stereocenters.